The van der Waals surface area contributed by atoms with Gasteiger partial charge in [-0.15, -0.1) is 0 Å². The third-order valence-corrected chi connectivity index (χ3v) is 5.90. The number of carbonyl (C=O) groups is 1. The molecule has 19 heavy (non-hydrogen) atoms. The second-order valence-corrected chi connectivity index (χ2v) is 7.42. The van der Waals surface area contributed by atoms with Crippen LogP contribution in [0.15, 0.2) is 11.6 Å². The average molecular weight is 264 g/mol. The van der Waals surface area contributed by atoms with Crippen LogP contribution in [0.25, 0.3) is 0 Å². The molecule has 3 atom stereocenters. The summed E-state index contributed by atoms with van der Waals surface area (Å²) in [6, 6.07) is 0. The molecular formula is C17H28O2. The first-order valence-corrected chi connectivity index (χ1v) is 7.55. The van der Waals surface area contributed by atoms with Gasteiger partial charge in [0.2, 0.25) is 0 Å². The number of fused-ring (bicyclic) bond motifs is 1. The number of carbonyl (C=O) groups excluding carboxylic acids is 1. The molecule has 108 valence electrons. The van der Waals surface area contributed by atoms with E-state index in [0.29, 0.717) is 23.7 Å². The van der Waals surface area contributed by atoms with Crippen LogP contribution >= 0.6 is 0 Å². The standard InChI is InChI=1S/C17H28O2/c1-12-7-8-14-16(2,3)9-6-10-17(14,4)13(12)11-15(18)19-5/h7,13-14H,6,8-11H2,1-5H3/t13?,14-,17+/m0/s1. The Bertz CT molecular complexity index is 394. The molecule has 0 bridgehead atoms. The zero-order valence-electron chi connectivity index (χ0n) is 13.1. The van der Waals surface area contributed by atoms with E-state index < -0.39 is 0 Å². The lowest BCUT2D eigenvalue weighted by Crippen LogP contribution is -2.49. The topological polar surface area (TPSA) is 26.3 Å². The van der Waals surface area contributed by atoms with Crippen molar-refractivity contribution in [3.63, 3.8) is 0 Å². The first-order chi connectivity index (χ1) is 8.81. The van der Waals surface area contributed by atoms with Crippen molar-refractivity contribution in [3.05, 3.63) is 11.6 Å². The lowest BCUT2D eigenvalue weighted by molar-refractivity contribution is -0.144. The molecule has 2 aliphatic carbocycles. The van der Waals surface area contributed by atoms with Gasteiger partial charge in [-0.05, 0) is 48.9 Å². The Hall–Kier alpha value is -0.790. The van der Waals surface area contributed by atoms with E-state index >= 15 is 0 Å². The van der Waals surface area contributed by atoms with Gasteiger partial charge in [-0.3, -0.25) is 4.79 Å². The SMILES string of the molecule is COC(=O)CC1C(C)=CC[C@H]2C(C)(C)CCC[C@]12C. The molecule has 0 aliphatic heterocycles. The molecular weight excluding hydrogens is 236 g/mol. The van der Waals surface area contributed by atoms with E-state index in [1.807, 2.05) is 0 Å². The molecule has 0 spiro atoms. The van der Waals surface area contributed by atoms with Crippen LogP contribution in [0.1, 0.15) is 59.8 Å². The minimum atomic E-state index is -0.0667. The predicted molar refractivity (Wildman–Crippen MR) is 77.7 cm³/mol. The average Bonchev–Trinajstić information content (AvgIpc) is 2.32. The number of rotatable bonds is 2. The molecule has 1 saturated carbocycles. The molecule has 2 heteroatoms. The number of esters is 1. The molecule has 2 nitrogen and oxygen atoms in total. The summed E-state index contributed by atoms with van der Waals surface area (Å²) in [4.78, 5) is 11.8. The third kappa shape index (κ3) is 2.46. The first kappa shape index (κ1) is 14.6. The van der Waals surface area contributed by atoms with E-state index in [1.54, 1.807) is 0 Å². The Morgan fingerprint density at radius 3 is 2.68 bits per heavy atom. The summed E-state index contributed by atoms with van der Waals surface area (Å²) in [6.45, 7) is 9.40. The summed E-state index contributed by atoms with van der Waals surface area (Å²) in [7, 11) is 1.49. The summed E-state index contributed by atoms with van der Waals surface area (Å²) in [5.41, 5.74) is 2.04. The van der Waals surface area contributed by atoms with Crippen molar-refractivity contribution >= 4 is 5.97 Å². The van der Waals surface area contributed by atoms with Crippen LogP contribution in [0.3, 0.4) is 0 Å². The summed E-state index contributed by atoms with van der Waals surface area (Å²) in [6.07, 6.45) is 7.92. The fourth-order valence-corrected chi connectivity index (χ4v) is 4.78. The van der Waals surface area contributed by atoms with Crippen molar-refractivity contribution in [2.24, 2.45) is 22.7 Å². The lowest BCUT2D eigenvalue weighted by atomic mass is 9.48. The van der Waals surface area contributed by atoms with Crippen LogP contribution in [-0.4, -0.2) is 13.1 Å². The molecule has 1 fully saturated rings. The molecule has 0 aromatic rings. The zero-order chi connectivity index (χ0) is 14.3. The molecule has 0 radical (unpaired) electrons. The lowest BCUT2D eigenvalue weighted by Gasteiger charge is -2.56. The van der Waals surface area contributed by atoms with Crippen molar-refractivity contribution in [2.75, 3.05) is 7.11 Å². The van der Waals surface area contributed by atoms with Crippen LogP contribution in [0.2, 0.25) is 0 Å². The van der Waals surface area contributed by atoms with Gasteiger partial charge in [-0.1, -0.05) is 38.8 Å². The second-order valence-electron chi connectivity index (χ2n) is 7.42. The molecule has 1 unspecified atom stereocenters. The van der Waals surface area contributed by atoms with E-state index in [0.717, 1.165) is 0 Å². The van der Waals surface area contributed by atoms with Crippen LogP contribution in [0.5, 0.6) is 0 Å². The van der Waals surface area contributed by atoms with Crippen molar-refractivity contribution in [2.45, 2.75) is 59.8 Å². The fourth-order valence-electron chi connectivity index (χ4n) is 4.78. The molecule has 0 saturated heterocycles. The maximum Gasteiger partial charge on any atom is 0.306 e. The summed E-state index contributed by atoms with van der Waals surface area (Å²) >= 11 is 0. The number of allylic oxidation sites excluding steroid dienone is 2. The van der Waals surface area contributed by atoms with Crippen molar-refractivity contribution < 1.29 is 9.53 Å². The van der Waals surface area contributed by atoms with Gasteiger partial charge in [-0.25, -0.2) is 0 Å². The minimum absolute atomic E-state index is 0.0667. The maximum absolute atomic E-state index is 11.8. The maximum atomic E-state index is 11.8. The number of ether oxygens (including phenoxy) is 1. The quantitative estimate of drug-likeness (QED) is 0.547. The van der Waals surface area contributed by atoms with Crippen LogP contribution in [-0.2, 0) is 9.53 Å². The Morgan fingerprint density at radius 2 is 2.05 bits per heavy atom. The highest BCUT2D eigenvalue weighted by Gasteiger charge is 2.52. The van der Waals surface area contributed by atoms with Crippen molar-refractivity contribution in [3.8, 4) is 0 Å². The summed E-state index contributed by atoms with van der Waals surface area (Å²) in [5, 5.41) is 0. The van der Waals surface area contributed by atoms with Gasteiger partial charge < -0.3 is 4.74 Å². The molecule has 2 rings (SSSR count). The fraction of sp³-hybridized carbons (Fsp3) is 0.824. The van der Waals surface area contributed by atoms with Gasteiger partial charge in [0.15, 0.2) is 0 Å². The molecule has 0 aromatic carbocycles. The van der Waals surface area contributed by atoms with Gasteiger partial charge in [-0.2, -0.15) is 0 Å². The van der Waals surface area contributed by atoms with E-state index in [2.05, 4.69) is 33.8 Å². The van der Waals surface area contributed by atoms with Crippen LogP contribution in [0.4, 0.5) is 0 Å². The van der Waals surface area contributed by atoms with Crippen molar-refractivity contribution in [1.82, 2.24) is 0 Å². The Kier molecular flexibility index (Phi) is 3.81. The largest absolute Gasteiger partial charge is 0.469 e. The first-order valence-electron chi connectivity index (χ1n) is 7.55. The molecule has 0 aromatic heterocycles. The summed E-state index contributed by atoms with van der Waals surface area (Å²) in [5.74, 6) is 0.980. The third-order valence-electron chi connectivity index (χ3n) is 5.90. The monoisotopic (exact) mass is 264 g/mol. The zero-order valence-corrected chi connectivity index (χ0v) is 13.1. The van der Waals surface area contributed by atoms with E-state index in [4.69, 9.17) is 4.74 Å². The molecule has 0 heterocycles. The highest BCUT2D eigenvalue weighted by Crippen LogP contribution is 2.60. The molecule has 0 N–H and O–H groups in total. The predicted octanol–water partition coefficient (Wildman–Crippen LogP) is 4.35. The summed E-state index contributed by atoms with van der Waals surface area (Å²) < 4.78 is 4.91. The minimum Gasteiger partial charge on any atom is -0.469 e. The van der Waals surface area contributed by atoms with Gasteiger partial charge in [0, 0.05) is 0 Å². The normalized spacial score (nSPS) is 37.2. The van der Waals surface area contributed by atoms with Gasteiger partial charge in [0.25, 0.3) is 0 Å². The van der Waals surface area contributed by atoms with E-state index in [1.165, 1.54) is 38.4 Å². The van der Waals surface area contributed by atoms with Crippen LogP contribution in [0, 0.1) is 22.7 Å². The number of methoxy groups -OCH3 is 1. The Labute approximate surface area is 117 Å². The smallest absolute Gasteiger partial charge is 0.306 e. The van der Waals surface area contributed by atoms with Gasteiger partial charge in [0.1, 0.15) is 0 Å². The Morgan fingerprint density at radius 1 is 1.37 bits per heavy atom. The van der Waals surface area contributed by atoms with E-state index in [9.17, 15) is 4.79 Å². The number of hydrogen-bond acceptors (Lipinski definition) is 2. The van der Waals surface area contributed by atoms with E-state index in [-0.39, 0.29) is 11.4 Å². The molecule has 2 aliphatic rings. The highest BCUT2D eigenvalue weighted by molar-refractivity contribution is 5.70. The number of hydrogen-bond donors (Lipinski definition) is 0. The second kappa shape index (κ2) is 4.96. The highest BCUT2D eigenvalue weighted by atomic mass is 16.5. The van der Waals surface area contributed by atoms with Crippen molar-refractivity contribution in [1.29, 1.82) is 0 Å². The molecule has 0 amide bonds. The Balaban J connectivity index is 2.33. The van der Waals surface area contributed by atoms with Gasteiger partial charge in [0.05, 0.1) is 13.5 Å². The van der Waals surface area contributed by atoms with Crippen LogP contribution < -0.4 is 0 Å². The van der Waals surface area contributed by atoms with Gasteiger partial charge >= 0.3 is 5.97 Å².